The molecule has 0 spiro atoms. The Hall–Kier alpha value is -0.120. The van der Waals surface area contributed by atoms with Gasteiger partial charge in [-0.05, 0) is 51.6 Å². The fourth-order valence-corrected chi connectivity index (χ4v) is 2.38. The Morgan fingerprint density at radius 3 is 3.00 bits per heavy atom. The lowest BCUT2D eigenvalue weighted by Crippen LogP contribution is -2.31. The SMILES string of the molecule is CC(CCN)CCCN1CCCOC(C)C1. The highest BCUT2D eigenvalue weighted by molar-refractivity contribution is 4.67. The topological polar surface area (TPSA) is 38.5 Å². The summed E-state index contributed by atoms with van der Waals surface area (Å²) in [5.74, 6) is 0.783. The van der Waals surface area contributed by atoms with Crippen molar-refractivity contribution in [3.8, 4) is 0 Å². The maximum atomic E-state index is 5.64. The summed E-state index contributed by atoms with van der Waals surface area (Å²) in [5.41, 5.74) is 5.56. The van der Waals surface area contributed by atoms with Gasteiger partial charge in [-0.1, -0.05) is 6.92 Å². The van der Waals surface area contributed by atoms with Crippen molar-refractivity contribution in [2.24, 2.45) is 11.7 Å². The van der Waals surface area contributed by atoms with E-state index in [2.05, 4.69) is 18.7 Å². The van der Waals surface area contributed by atoms with E-state index in [1.165, 1.54) is 38.8 Å². The predicted octanol–water partition coefficient (Wildman–Crippen LogP) is 1.86. The van der Waals surface area contributed by atoms with Crippen LogP contribution in [0.4, 0.5) is 0 Å². The second-order valence-corrected chi connectivity index (χ2v) is 5.16. The van der Waals surface area contributed by atoms with Gasteiger partial charge in [0.15, 0.2) is 0 Å². The van der Waals surface area contributed by atoms with E-state index in [-0.39, 0.29) is 0 Å². The van der Waals surface area contributed by atoms with E-state index in [1.54, 1.807) is 0 Å². The number of hydrogen-bond acceptors (Lipinski definition) is 3. The third-order valence-electron chi connectivity index (χ3n) is 3.37. The molecule has 2 atom stereocenters. The molecule has 0 aromatic carbocycles. The molecular weight excluding hydrogens is 200 g/mol. The van der Waals surface area contributed by atoms with Gasteiger partial charge < -0.3 is 15.4 Å². The summed E-state index contributed by atoms with van der Waals surface area (Å²) in [6.07, 6.45) is 5.36. The zero-order valence-electron chi connectivity index (χ0n) is 11.0. The summed E-state index contributed by atoms with van der Waals surface area (Å²) in [4.78, 5) is 2.55. The van der Waals surface area contributed by atoms with Crippen molar-refractivity contribution in [3.05, 3.63) is 0 Å². The molecule has 0 amide bonds. The number of rotatable bonds is 6. The maximum Gasteiger partial charge on any atom is 0.0673 e. The van der Waals surface area contributed by atoms with E-state index in [0.29, 0.717) is 6.10 Å². The molecule has 1 rings (SSSR count). The minimum Gasteiger partial charge on any atom is -0.377 e. The van der Waals surface area contributed by atoms with Gasteiger partial charge in [-0.2, -0.15) is 0 Å². The van der Waals surface area contributed by atoms with Crippen LogP contribution in [0.3, 0.4) is 0 Å². The van der Waals surface area contributed by atoms with E-state index in [4.69, 9.17) is 10.5 Å². The van der Waals surface area contributed by atoms with Gasteiger partial charge >= 0.3 is 0 Å². The van der Waals surface area contributed by atoms with Crippen molar-refractivity contribution in [1.82, 2.24) is 4.90 Å². The second kappa shape index (κ2) is 8.04. The number of ether oxygens (including phenoxy) is 1. The van der Waals surface area contributed by atoms with Gasteiger partial charge in [-0.3, -0.25) is 0 Å². The number of nitrogens with two attached hydrogens (primary N) is 1. The van der Waals surface area contributed by atoms with Crippen molar-refractivity contribution in [2.75, 3.05) is 32.8 Å². The van der Waals surface area contributed by atoms with Crippen LogP contribution in [-0.2, 0) is 4.74 Å². The first-order valence-electron chi connectivity index (χ1n) is 6.76. The zero-order valence-corrected chi connectivity index (χ0v) is 11.0. The van der Waals surface area contributed by atoms with Gasteiger partial charge in [0.1, 0.15) is 0 Å². The minimum atomic E-state index is 0.406. The lowest BCUT2D eigenvalue weighted by atomic mass is 10.0. The van der Waals surface area contributed by atoms with Gasteiger partial charge in [0, 0.05) is 19.7 Å². The largest absolute Gasteiger partial charge is 0.377 e. The summed E-state index contributed by atoms with van der Waals surface area (Å²) in [6.45, 7) is 9.77. The van der Waals surface area contributed by atoms with Crippen molar-refractivity contribution >= 4 is 0 Å². The average Bonchev–Trinajstić information content (AvgIpc) is 2.43. The molecule has 0 saturated carbocycles. The zero-order chi connectivity index (χ0) is 11.8. The van der Waals surface area contributed by atoms with Crippen LogP contribution in [0.1, 0.15) is 39.5 Å². The molecule has 1 saturated heterocycles. The molecule has 2 unspecified atom stereocenters. The molecule has 1 heterocycles. The Labute approximate surface area is 100 Å². The molecule has 1 aliphatic heterocycles. The highest BCUT2D eigenvalue weighted by Crippen LogP contribution is 2.11. The van der Waals surface area contributed by atoms with Crippen LogP contribution >= 0.6 is 0 Å². The van der Waals surface area contributed by atoms with E-state index >= 15 is 0 Å². The summed E-state index contributed by atoms with van der Waals surface area (Å²) < 4.78 is 5.64. The molecule has 96 valence electrons. The van der Waals surface area contributed by atoms with Crippen molar-refractivity contribution in [3.63, 3.8) is 0 Å². The Morgan fingerprint density at radius 1 is 1.44 bits per heavy atom. The molecule has 3 nitrogen and oxygen atoms in total. The van der Waals surface area contributed by atoms with Crippen LogP contribution in [0.2, 0.25) is 0 Å². The first-order chi connectivity index (χ1) is 7.72. The molecule has 16 heavy (non-hydrogen) atoms. The number of hydrogen-bond donors (Lipinski definition) is 1. The Balaban J connectivity index is 2.11. The molecule has 1 fully saturated rings. The molecular formula is C13H28N2O. The monoisotopic (exact) mass is 228 g/mol. The second-order valence-electron chi connectivity index (χ2n) is 5.16. The molecule has 3 heteroatoms. The van der Waals surface area contributed by atoms with Crippen LogP contribution in [-0.4, -0.2) is 43.8 Å². The quantitative estimate of drug-likeness (QED) is 0.754. The van der Waals surface area contributed by atoms with Gasteiger partial charge in [0.25, 0.3) is 0 Å². The third-order valence-corrected chi connectivity index (χ3v) is 3.37. The Morgan fingerprint density at radius 2 is 2.25 bits per heavy atom. The van der Waals surface area contributed by atoms with Crippen LogP contribution in [0.15, 0.2) is 0 Å². The van der Waals surface area contributed by atoms with Crippen molar-refractivity contribution in [1.29, 1.82) is 0 Å². The van der Waals surface area contributed by atoms with Crippen molar-refractivity contribution < 1.29 is 4.74 Å². The fourth-order valence-electron chi connectivity index (χ4n) is 2.38. The predicted molar refractivity (Wildman–Crippen MR) is 68.5 cm³/mol. The molecule has 1 aliphatic rings. The van der Waals surface area contributed by atoms with Crippen LogP contribution in [0.5, 0.6) is 0 Å². The lowest BCUT2D eigenvalue weighted by Gasteiger charge is -2.22. The molecule has 2 N–H and O–H groups in total. The van der Waals surface area contributed by atoms with E-state index in [0.717, 1.165) is 25.6 Å². The van der Waals surface area contributed by atoms with E-state index in [1.807, 2.05) is 0 Å². The van der Waals surface area contributed by atoms with Crippen LogP contribution < -0.4 is 5.73 Å². The molecule has 0 aromatic heterocycles. The van der Waals surface area contributed by atoms with Gasteiger partial charge in [0.05, 0.1) is 6.10 Å². The van der Waals surface area contributed by atoms with Gasteiger partial charge in [-0.15, -0.1) is 0 Å². The summed E-state index contributed by atoms with van der Waals surface area (Å²) in [5, 5.41) is 0. The third kappa shape index (κ3) is 5.83. The standard InChI is InChI=1S/C13H28N2O/c1-12(6-7-14)5-3-8-15-9-4-10-16-13(2)11-15/h12-13H,3-11,14H2,1-2H3. The molecule has 0 bridgehead atoms. The van der Waals surface area contributed by atoms with Gasteiger partial charge in [0.2, 0.25) is 0 Å². The summed E-state index contributed by atoms with van der Waals surface area (Å²) >= 11 is 0. The van der Waals surface area contributed by atoms with E-state index < -0.39 is 0 Å². The highest BCUT2D eigenvalue weighted by atomic mass is 16.5. The smallest absolute Gasteiger partial charge is 0.0673 e. The first-order valence-corrected chi connectivity index (χ1v) is 6.76. The Bertz CT molecular complexity index is 175. The minimum absolute atomic E-state index is 0.406. The van der Waals surface area contributed by atoms with E-state index in [9.17, 15) is 0 Å². The van der Waals surface area contributed by atoms with Crippen molar-refractivity contribution in [2.45, 2.75) is 45.6 Å². The molecule has 0 radical (unpaired) electrons. The van der Waals surface area contributed by atoms with Crippen LogP contribution in [0.25, 0.3) is 0 Å². The summed E-state index contributed by atoms with van der Waals surface area (Å²) in [6, 6.07) is 0. The number of nitrogens with zero attached hydrogens (tertiary/aromatic N) is 1. The molecule has 0 aromatic rings. The highest BCUT2D eigenvalue weighted by Gasteiger charge is 2.14. The molecule has 0 aliphatic carbocycles. The maximum absolute atomic E-state index is 5.64. The average molecular weight is 228 g/mol. The Kier molecular flexibility index (Phi) is 7.01. The van der Waals surface area contributed by atoms with Crippen LogP contribution in [0, 0.1) is 5.92 Å². The summed E-state index contributed by atoms with van der Waals surface area (Å²) in [7, 11) is 0. The first kappa shape index (κ1) is 13.9. The normalized spacial score (nSPS) is 25.3. The van der Waals surface area contributed by atoms with Gasteiger partial charge in [-0.25, -0.2) is 0 Å². The lowest BCUT2D eigenvalue weighted by molar-refractivity contribution is 0.0674. The fraction of sp³-hybridized carbons (Fsp3) is 1.00.